The number of rotatable bonds is 5. The number of Topliss-reactive ketones (excluding diaryl/α,β-unsaturated/α-hetero) is 1. The van der Waals surface area contributed by atoms with Gasteiger partial charge in [0.05, 0.1) is 0 Å². The van der Waals surface area contributed by atoms with Crippen LogP contribution in [0.15, 0.2) is 18.2 Å². The van der Waals surface area contributed by atoms with Crippen molar-refractivity contribution in [3.05, 3.63) is 34.9 Å². The van der Waals surface area contributed by atoms with Crippen LogP contribution in [0.2, 0.25) is 0 Å². The van der Waals surface area contributed by atoms with Gasteiger partial charge in [-0.25, -0.2) is 0 Å². The molecule has 0 radical (unpaired) electrons. The topological polar surface area (TPSA) is 43.1 Å². The first-order valence-electron chi connectivity index (χ1n) is 5.86. The maximum Gasteiger partial charge on any atom is 0.163 e. The summed E-state index contributed by atoms with van der Waals surface area (Å²) >= 11 is 0. The van der Waals surface area contributed by atoms with Crippen LogP contribution in [0.4, 0.5) is 0 Å². The molecule has 1 aromatic carbocycles. The molecule has 0 amide bonds. The first-order valence-corrected chi connectivity index (χ1v) is 5.86. The Morgan fingerprint density at radius 1 is 1.38 bits per heavy atom. The molecule has 1 unspecified atom stereocenters. The molecule has 0 heterocycles. The Balaban J connectivity index is 2.59. The van der Waals surface area contributed by atoms with Crippen LogP contribution in [0.25, 0.3) is 0 Å². The number of nitrogens with two attached hydrogens (primary N) is 1. The largest absolute Gasteiger partial charge is 0.328 e. The van der Waals surface area contributed by atoms with E-state index in [0.717, 1.165) is 24.0 Å². The van der Waals surface area contributed by atoms with Crippen molar-refractivity contribution in [2.75, 3.05) is 0 Å². The van der Waals surface area contributed by atoms with Gasteiger partial charge in [-0.3, -0.25) is 4.79 Å². The first-order chi connectivity index (χ1) is 7.50. The van der Waals surface area contributed by atoms with Gasteiger partial charge in [0.2, 0.25) is 0 Å². The molecule has 0 aromatic heterocycles. The van der Waals surface area contributed by atoms with Gasteiger partial charge in [-0.15, -0.1) is 0 Å². The summed E-state index contributed by atoms with van der Waals surface area (Å²) in [5, 5.41) is 0. The van der Waals surface area contributed by atoms with Crippen LogP contribution < -0.4 is 5.73 Å². The van der Waals surface area contributed by atoms with E-state index in [1.54, 1.807) is 0 Å². The summed E-state index contributed by atoms with van der Waals surface area (Å²) in [6.45, 7) is 6.00. The molecule has 0 aliphatic rings. The number of aryl methyl sites for hydroxylation is 2. The number of hydrogen-bond donors (Lipinski definition) is 1. The summed E-state index contributed by atoms with van der Waals surface area (Å²) < 4.78 is 0. The standard InChI is InChI=1S/C14H21NO/c1-10-7-8-13(11(2)9-10)14(16)6-4-5-12(3)15/h7-9,12H,4-6,15H2,1-3H3. The Labute approximate surface area is 97.9 Å². The highest BCUT2D eigenvalue weighted by atomic mass is 16.1. The lowest BCUT2D eigenvalue weighted by Gasteiger charge is -2.07. The van der Waals surface area contributed by atoms with Crippen LogP contribution in [-0.4, -0.2) is 11.8 Å². The Morgan fingerprint density at radius 2 is 2.06 bits per heavy atom. The molecule has 0 saturated heterocycles. The highest BCUT2D eigenvalue weighted by Gasteiger charge is 2.08. The zero-order valence-corrected chi connectivity index (χ0v) is 10.4. The van der Waals surface area contributed by atoms with Gasteiger partial charge in [0.25, 0.3) is 0 Å². The van der Waals surface area contributed by atoms with E-state index in [4.69, 9.17) is 5.73 Å². The van der Waals surface area contributed by atoms with Crippen molar-refractivity contribution < 1.29 is 4.79 Å². The van der Waals surface area contributed by atoms with Gasteiger partial charge in [0.1, 0.15) is 0 Å². The summed E-state index contributed by atoms with van der Waals surface area (Å²) in [4.78, 5) is 11.9. The molecule has 2 heteroatoms. The average molecular weight is 219 g/mol. The molecule has 2 nitrogen and oxygen atoms in total. The molecule has 2 N–H and O–H groups in total. The van der Waals surface area contributed by atoms with Gasteiger partial charge in [0, 0.05) is 18.0 Å². The van der Waals surface area contributed by atoms with Gasteiger partial charge in [0.15, 0.2) is 5.78 Å². The molecule has 16 heavy (non-hydrogen) atoms. The lowest BCUT2D eigenvalue weighted by Crippen LogP contribution is -2.15. The normalized spacial score (nSPS) is 12.5. The third-order valence-corrected chi connectivity index (χ3v) is 2.75. The Bertz CT molecular complexity index is 369. The first kappa shape index (κ1) is 12.9. The molecule has 1 rings (SSSR count). The zero-order chi connectivity index (χ0) is 12.1. The molecule has 1 atom stereocenters. The van der Waals surface area contributed by atoms with Crippen molar-refractivity contribution in [2.24, 2.45) is 5.73 Å². The maximum absolute atomic E-state index is 11.9. The molecule has 0 saturated carbocycles. The molecule has 88 valence electrons. The van der Waals surface area contributed by atoms with Gasteiger partial charge in [-0.05, 0) is 39.2 Å². The van der Waals surface area contributed by atoms with Crippen LogP contribution in [0.5, 0.6) is 0 Å². The van der Waals surface area contributed by atoms with Crippen molar-refractivity contribution in [1.29, 1.82) is 0 Å². The summed E-state index contributed by atoms with van der Waals surface area (Å²) in [6.07, 6.45) is 2.39. The molecule has 1 aromatic rings. The summed E-state index contributed by atoms with van der Waals surface area (Å²) in [5.74, 6) is 0.234. The fourth-order valence-electron chi connectivity index (χ4n) is 1.85. The molecule has 0 bridgehead atoms. The lowest BCUT2D eigenvalue weighted by molar-refractivity contribution is 0.0978. The quantitative estimate of drug-likeness (QED) is 0.774. The fraction of sp³-hybridized carbons (Fsp3) is 0.500. The van der Waals surface area contributed by atoms with Crippen LogP contribution in [-0.2, 0) is 0 Å². The molecule has 0 fully saturated rings. The Hall–Kier alpha value is -1.15. The minimum Gasteiger partial charge on any atom is -0.328 e. The molecule has 0 aliphatic carbocycles. The maximum atomic E-state index is 11.9. The number of carbonyl (C=O) groups is 1. The SMILES string of the molecule is Cc1ccc(C(=O)CCCC(C)N)c(C)c1. The molecule has 0 aliphatic heterocycles. The second-order valence-corrected chi connectivity index (χ2v) is 4.61. The number of carbonyl (C=O) groups excluding carboxylic acids is 1. The van der Waals surface area contributed by atoms with Gasteiger partial charge in [-0.1, -0.05) is 23.8 Å². The number of hydrogen-bond acceptors (Lipinski definition) is 2. The van der Waals surface area contributed by atoms with Gasteiger partial charge in [-0.2, -0.15) is 0 Å². The van der Waals surface area contributed by atoms with Crippen LogP contribution in [0.3, 0.4) is 0 Å². The van der Waals surface area contributed by atoms with Crippen LogP contribution in [0, 0.1) is 13.8 Å². The van der Waals surface area contributed by atoms with Crippen molar-refractivity contribution in [3.8, 4) is 0 Å². The molecular weight excluding hydrogens is 198 g/mol. The van der Waals surface area contributed by atoms with E-state index in [-0.39, 0.29) is 11.8 Å². The van der Waals surface area contributed by atoms with Gasteiger partial charge >= 0.3 is 0 Å². The average Bonchev–Trinajstić information content (AvgIpc) is 2.16. The van der Waals surface area contributed by atoms with E-state index in [1.807, 2.05) is 32.9 Å². The summed E-state index contributed by atoms with van der Waals surface area (Å²) in [7, 11) is 0. The van der Waals surface area contributed by atoms with Crippen molar-refractivity contribution in [1.82, 2.24) is 0 Å². The van der Waals surface area contributed by atoms with E-state index in [0.29, 0.717) is 6.42 Å². The summed E-state index contributed by atoms with van der Waals surface area (Å²) in [6, 6.07) is 6.16. The Kier molecular flexibility index (Phi) is 4.69. The van der Waals surface area contributed by atoms with Crippen LogP contribution in [0.1, 0.15) is 47.7 Å². The third-order valence-electron chi connectivity index (χ3n) is 2.75. The predicted molar refractivity (Wildman–Crippen MR) is 67.7 cm³/mol. The number of ketones is 1. The second-order valence-electron chi connectivity index (χ2n) is 4.61. The van der Waals surface area contributed by atoms with Crippen molar-refractivity contribution >= 4 is 5.78 Å². The fourth-order valence-corrected chi connectivity index (χ4v) is 1.85. The van der Waals surface area contributed by atoms with Crippen molar-refractivity contribution in [3.63, 3.8) is 0 Å². The van der Waals surface area contributed by atoms with E-state index in [1.165, 1.54) is 5.56 Å². The smallest absolute Gasteiger partial charge is 0.163 e. The Morgan fingerprint density at radius 3 is 2.62 bits per heavy atom. The molecule has 0 spiro atoms. The lowest BCUT2D eigenvalue weighted by atomic mass is 9.98. The highest BCUT2D eigenvalue weighted by Crippen LogP contribution is 2.14. The number of benzene rings is 1. The van der Waals surface area contributed by atoms with Gasteiger partial charge < -0.3 is 5.73 Å². The monoisotopic (exact) mass is 219 g/mol. The third kappa shape index (κ3) is 3.78. The molecular formula is C14H21NO. The highest BCUT2D eigenvalue weighted by molar-refractivity contribution is 5.97. The van der Waals surface area contributed by atoms with E-state index in [9.17, 15) is 4.79 Å². The summed E-state index contributed by atoms with van der Waals surface area (Å²) in [5.41, 5.74) is 8.79. The second kappa shape index (κ2) is 5.80. The van der Waals surface area contributed by atoms with Crippen LogP contribution >= 0.6 is 0 Å². The van der Waals surface area contributed by atoms with E-state index in [2.05, 4.69) is 6.07 Å². The minimum atomic E-state index is 0.187. The van der Waals surface area contributed by atoms with E-state index < -0.39 is 0 Å². The van der Waals surface area contributed by atoms with E-state index >= 15 is 0 Å². The predicted octanol–water partition coefficient (Wildman–Crippen LogP) is 3.00. The van der Waals surface area contributed by atoms with Crippen molar-refractivity contribution in [2.45, 2.75) is 46.1 Å². The zero-order valence-electron chi connectivity index (χ0n) is 10.4. The minimum absolute atomic E-state index is 0.187.